The second-order valence-corrected chi connectivity index (χ2v) is 6.43. The van der Waals surface area contributed by atoms with Gasteiger partial charge in [0.1, 0.15) is 11.3 Å². The van der Waals surface area contributed by atoms with Crippen LogP contribution < -0.4 is 5.32 Å². The summed E-state index contributed by atoms with van der Waals surface area (Å²) in [6.07, 6.45) is 6.35. The molecular weight excluding hydrogens is 330 g/mol. The van der Waals surface area contributed by atoms with Crippen molar-refractivity contribution in [1.82, 2.24) is 15.1 Å². The van der Waals surface area contributed by atoms with E-state index >= 15 is 0 Å². The number of rotatable bonds is 5. The summed E-state index contributed by atoms with van der Waals surface area (Å²) < 4.78 is 8.97. The summed E-state index contributed by atoms with van der Waals surface area (Å²) in [4.78, 5) is 0. The Balaban J connectivity index is 1.70. The number of hydrogen-bond donors (Lipinski definition) is 1. The molecule has 0 unspecified atom stereocenters. The van der Waals surface area contributed by atoms with Crippen LogP contribution in [0.5, 0.6) is 0 Å². The highest BCUT2D eigenvalue weighted by Gasteiger charge is 2.22. The summed E-state index contributed by atoms with van der Waals surface area (Å²) in [6.45, 7) is 1.52. The molecule has 0 saturated heterocycles. The van der Waals surface area contributed by atoms with Gasteiger partial charge in [-0.2, -0.15) is 5.10 Å². The number of fused-ring (bicyclic) bond motifs is 1. The first kappa shape index (κ1) is 13.1. The summed E-state index contributed by atoms with van der Waals surface area (Å²) in [5.41, 5.74) is 2.17. The van der Waals surface area contributed by atoms with E-state index in [9.17, 15) is 0 Å². The Morgan fingerprint density at radius 3 is 2.95 bits per heavy atom. The van der Waals surface area contributed by atoms with Gasteiger partial charge in [-0.3, -0.25) is 4.68 Å². The van der Waals surface area contributed by atoms with Gasteiger partial charge in [0.2, 0.25) is 0 Å². The van der Waals surface area contributed by atoms with Gasteiger partial charge in [0, 0.05) is 23.2 Å². The van der Waals surface area contributed by atoms with Crippen molar-refractivity contribution in [2.75, 3.05) is 0 Å². The molecule has 0 bridgehead atoms. The van der Waals surface area contributed by atoms with E-state index in [0.29, 0.717) is 6.04 Å². The van der Waals surface area contributed by atoms with Crippen LogP contribution in [0.1, 0.15) is 24.2 Å². The van der Waals surface area contributed by atoms with E-state index < -0.39 is 0 Å². The van der Waals surface area contributed by atoms with E-state index in [1.807, 2.05) is 29.2 Å². The van der Waals surface area contributed by atoms with Crippen molar-refractivity contribution in [3.8, 4) is 0 Å². The molecule has 108 valence electrons. The van der Waals surface area contributed by atoms with Crippen molar-refractivity contribution < 1.29 is 4.42 Å². The van der Waals surface area contributed by atoms with Gasteiger partial charge in [0.25, 0.3) is 0 Å². The molecule has 2 heterocycles. The average molecular weight is 346 g/mol. The number of furan rings is 1. The Hall–Kier alpha value is -1.59. The average Bonchev–Trinajstić information content (AvgIpc) is 3.14. The lowest BCUT2D eigenvalue weighted by Crippen LogP contribution is -2.16. The van der Waals surface area contributed by atoms with Gasteiger partial charge in [-0.25, -0.2) is 0 Å². The molecule has 0 amide bonds. The second-order valence-electron chi connectivity index (χ2n) is 5.51. The SMILES string of the molecule is Brc1cnn(Cc2c(CNC3CC3)oc3ccccc23)c1. The number of hydrogen-bond acceptors (Lipinski definition) is 3. The van der Waals surface area contributed by atoms with Crippen LogP contribution in [0.25, 0.3) is 11.0 Å². The third kappa shape index (κ3) is 2.76. The first-order valence-corrected chi connectivity index (χ1v) is 7.99. The van der Waals surface area contributed by atoms with Crippen LogP contribution in [0.4, 0.5) is 0 Å². The van der Waals surface area contributed by atoms with E-state index in [4.69, 9.17) is 4.42 Å². The maximum Gasteiger partial charge on any atom is 0.134 e. The number of nitrogens with one attached hydrogen (secondary N) is 1. The van der Waals surface area contributed by atoms with Crippen molar-refractivity contribution in [3.05, 3.63) is 52.5 Å². The zero-order chi connectivity index (χ0) is 14.2. The van der Waals surface area contributed by atoms with Crippen LogP contribution in [0.3, 0.4) is 0 Å². The number of nitrogens with zero attached hydrogens (tertiary/aromatic N) is 2. The molecule has 2 aromatic heterocycles. The summed E-state index contributed by atoms with van der Waals surface area (Å²) in [6, 6.07) is 8.88. The molecular formula is C16H16BrN3O. The highest BCUT2D eigenvalue weighted by atomic mass is 79.9. The van der Waals surface area contributed by atoms with Crippen LogP contribution in [0.15, 0.2) is 45.5 Å². The van der Waals surface area contributed by atoms with Crippen molar-refractivity contribution in [3.63, 3.8) is 0 Å². The molecule has 1 saturated carbocycles. The predicted octanol–water partition coefficient (Wildman–Crippen LogP) is 3.69. The normalized spacial score (nSPS) is 14.9. The van der Waals surface area contributed by atoms with E-state index in [-0.39, 0.29) is 0 Å². The smallest absolute Gasteiger partial charge is 0.134 e. The molecule has 1 aromatic carbocycles. The molecule has 3 aromatic rings. The maximum atomic E-state index is 6.04. The molecule has 5 heteroatoms. The Kier molecular flexibility index (Phi) is 3.31. The molecule has 0 aliphatic heterocycles. The molecule has 1 N–H and O–H groups in total. The van der Waals surface area contributed by atoms with Crippen molar-refractivity contribution >= 4 is 26.9 Å². The molecule has 1 fully saturated rings. The molecule has 4 nitrogen and oxygen atoms in total. The van der Waals surface area contributed by atoms with Gasteiger partial charge < -0.3 is 9.73 Å². The first-order valence-electron chi connectivity index (χ1n) is 7.20. The van der Waals surface area contributed by atoms with E-state index in [2.05, 4.69) is 38.5 Å². The first-order chi connectivity index (χ1) is 10.3. The monoisotopic (exact) mass is 345 g/mol. The fourth-order valence-corrected chi connectivity index (χ4v) is 2.90. The van der Waals surface area contributed by atoms with Gasteiger partial charge >= 0.3 is 0 Å². The molecule has 4 rings (SSSR count). The van der Waals surface area contributed by atoms with E-state index in [1.54, 1.807) is 0 Å². The molecule has 21 heavy (non-hydrogen) atoms. The lowest BCUT2D eigenvalue weighted by molar-refractivity contribution is 0.501. The zero-order valence-electron chi connectivity index (χ0n) is 11.6. The highest BCUT2D eigenvalue weighted by molar-refractivity contribution is 9.10. The minimum Gasteiger partial charge on any atom is -0.459 e. The molecule has 1 aliphatic rings. The third-order valence-corrected chi connectivity index (χ3v) is 4.24. The van der Waals surface area contributed by atoms with Crippen LogP contribution in [0, 0.1) is 0 Å². The van der Waals surface area contributed by atoms with Gasteiger partial charge in [0.15, 0.2) is 0 Å². The van der Waals surface area contributed by atoms with Crippen molar-refractivity contribution in [2.45, 2.75) is 32.0 Å². The number of halogens is 1. The minimum absolute atomic E-state index is 0.671. The molecule has 0 atom stereocenters. The largest absolute Gasteiger partial charge is 0.459 e. The number of benzene rings is 1. The molecule has 0 spiro atoms. The summed E-state index contributed by atoms with van der Waals surface area (Å²) in [5, 5.41) is 9.06. The van der Waals surface area contributed by atoms with Crippen molar-refractivity contribution in [1.29, 1.82) is 0 Å². The van der Waals surface area contributed by atoms with Gasteiger partial charge in [-0.15, -0.1) is 0 Å². The topological polar surface area (TPSA) is 43.0 Å². The standard InChI is InChI=1S/C16H16BrN3O/c17-11-7-19-20(9-11)10-14-13-3-1-2-4-15(13)21-16(14)8-18-12-5-6-12/h1-4,7,9,12,18H,5-6,8,10H2. The summed E-state index contributed by atoms with van der Waals surface area (Å²) in [5.74, 6) is 1.02. The van der Waals surface area contributed by atoms with Gasteiger partial charge in [-0.05, 0) is 34.8 Å². The Morgan fingerprint density at radius 1 is 1.33 bits per heavy atom. The summed E-state index contributed by atoms with van der Waals surface area (Å²) >= 11 is 3.44. The number of para-hydroxylation sites is 1. The van der Waals surface area contributed by atoms with Gasteiger partial charge in [0.05, 0.1) is 23.8 Å². The van der Waals surface area contributed by atoms with Crippen LogP contribution in [0.2, 0.25) is 0 Å². The molecule has 0 radical (unpaired) electrons. The Bertz CT molecular complexity index is 773. The lowest BCUT2D eigenvalue weighted by atomic mass is 10.1. The fourth-order valence-electron chi connectivity index (χ4n) is 2.58. The summed E-state index contributed by atoms with van der Waals surface area (Å²) in [7, 11) is 0. The maximum absolute atomic E-state index is 6.04. The minimum atomic E-state index is 0.671. The van der Waals surface area contributed by atoms with Crippen LogP contribution in [-0.4, -0.2) is 15.8 Å². The van der Waals surface area contributed by atoms with Crippen molar-refractivity contribution in [2.24, 2.45) is 0 Å². The Morgan fingerprint density at radius 2 is 2.19 bits per heavy atom. The Labute approximate surface area is 131 Å². The van der Waals surface area contributed by atoms with E-state index in [1.165, 1.54) is 23.8 Å². The fraction of sp³-hybridized carbons (Fsp3) is 0.312. The number of aromatic nitrogens is 2. The van der Waals surface area contributed by atoms with Crippen LogP contribution >= 0.6 is 15.9 Å². The quantitative estimate of drug-likeness (QED) is 0.766. The lowest BCUT2D eigenvalue weighted by Gasteiger charge is -2.05. The predicted molar refractivity (Wildman–Crippen MR) is 85.1 cm³/mol. The van der Waals surface area contributed by atoms with E-state index in [0.717, 1.165) is 28.9 Å². The highest BCUT2D eigenvalue weighted by Crippen LogP contribution is 2.28. The molecule has 1 aliphatic carbocycles. The third-order valence-electron chi connectivity index (χ3n) is 3.83. The van der Waals surface area contributed by atoms with Crippen LogP contribution in [-0.2, 0) is 13.1 Å². The van der Waals surface area contributed by atoms with Gasteiger partial charge in [-0.1, -0.05) is 18.2 Å². The second kappa shape index (κ2) is 5.31. The zero-order valence-corrected chi connectivity index (χ0v) is 13.1.